The molecule has 0 bridgehead atoms. The molecule has 2 aromatic rings. The van der Waals surface area contributed by atoms with Crippen molar-refractivity contribution in [1.82, 2.24) is 15.4 Å². The van der Waals surface area contributed by atoms with E-state index >= 15 is 0 Å². The van der Waals surface area contributed by atoms with Gasteiger partial charge in [0.1, 0.15) is 5.75 Å². The molecule has 1 aromatic carbocycles. The zero-order valence-electron chi connectivity index (χ0n) is 14.8. The quantitative estimate of drug-likeness (QED) is 0.873. The fraction of sp³-hybridized carbons (Fsp3) is 0.474. The summed E-state index contributed by atoms with van der Waals surface area (Å²) in [7, 11) is 1.68. The van der Waals surface area contributed by atoms with Crippen molar-refractivity contribution in [2.45, 2.75) is 38.8 Å². The number of hydrogen-bond donors (Lipinski definition) is 1. The molecule has 6 nitrogen and oxygen atoms in total. The van der Waals surface area contributed by atoms with Gasteiger partial charge in [0, 0.05) is 25.2 Å². The third-order valence-electron chi connectivity index (χ3n) is 4.53. The molecule has 0 spiro atoms. The van der Waals surface area contributed by atoms with Gasteiger partial charge in [-0.2, -0.15) is 0 Å². The zero-order chi connectivity index (χ0) is 17.6. The van der Waals surface area contributed by atoms with Crippen LogP contribution in [0, 0.1) is 0 Å². The van der Waals surface area contributed by atoms with Crippen LogP contribution in [0.2, 0.25) is 0 Å². The van der Waals surface area contributed by atoms with Crippen LogP contribution in [-0.4, -0.2) is 42.2 Å². The van der Waals surface area contributed by atoms with E-state index in [4.69, 9.17) is 9.26 Å². The summed E-state index contributed by atoms with van der Waals surface area (Å²) in [5.74, 6) is 0.985. The number of ether oxygens (including phenoxy) is 1. The van der Waals surface area contributed by atoms with Crippen LogP contribution in [0.1, 0.15) is 41.6 Å². The lowest BCUT2D eigenvalue weighted by Crippen LogP contribution is -2.47. The number of benzene rings is 1. The molecule has 134 valence electrons. The van der Waals surface area contributed by atoms with E-state index in [0.717, 1.165) is 50.3 Å². The van der Waals surface area contributed by atoms with Gasteiger partial charge in [0.15, 0.2) is 0 Å². The second kappa shape index (κ2) is 8.16. The smallest absolute Gasteiger partial charge is 0.290 e. The van der Waals surface area contributed by atoms with E-state index < -0.39 is 0 Å². The summed E-state index contributed by atoms with van der Waals surface area (Å²) in [5, 5.41) is 6.95. The van der Waals surface area contributed by atoms with Crippen LogP contribution >= 0.6 is 0 Å². The predicted molar refractivity (Wildman–Crippen MR) is 94.6 cm³/mol. The first-order valence-electron chi connectivity index (χ1n) is 8.79. The number of aromatic nitrogens is 1. The van der Waals surface area contributed by atoms with Gasteiger partial charge < -0.3 is 14.6 Å². The second-order valence-electron chi connectivity index (χ2n) is 6.44. The number of carbonyl (C=O) groups is 1. The van der Waals surface area contributed by atoms with E-state index in [-0.39, 0.29) is 11.9 Å². The second-order valence-corrected chi connectivity index (χ2v) is 6.44. The van der Waals surface area contributed by atoms with Crippen molar-refractivity contribution in [3.63, 3.8) is 0 Å². The van der Waals surface area contributed by atoms with Crippen molar-refractivity contribution in [3.05, 3.63) is 47.3 Å². The molecule has 0 aliphatic carbocycles. The Morgan fingerprint density at radius 2 is 2.32 bits per heavy atom. The first kappa shape index (κ1) is 17.5. The Hall–Kier alpha value is -2.34. The van der Waals surface area contributed by atoms with E-state index in [0.29, 0.717) is 5.76 Å². The lowest BCUT2D eigenvalue weighted by atomic mass is 10.0. The van der Waals surface area contributed by atoms with Crippen LogP contribution in [0.3, 0.4) is 0 Å². The molecule has 1 saturated heterocycles. The Kier molecular flexibility index (Phi) is 5.71. The fourth-order valence-corrected chi connectivity index (χ4v) is 3.19. The van der Waals surface area contributed by atoms with Crippen molar-refractivity contribution >= 4 is 5.91 Å². The minimum atomic E-state index is -0.180. The molecule has 1 aliphatic rings. The van der Waals surface area contributed by atoms with Crippen molar-refractivity contribution in [2.24, 2.45) is 0 Å². The first-order chi connectivity index (χ1) is 12.2. The van der Waals surface area contributed by atoms with Gasteiger partial charge in [-0.25, -0.2) is 0 Å². The lowest BCUT2D eigenvalue weighted by molar-refractivity contribution is 0.0864. The van der Waals surface area contributed by atoms with E-state index in [1.807, 2.05) is 19.1 Å². The average molecular weight is 343 g/mol. The van der Waals surface area contributed by atoms with Gasteiger partial charge in [-0.1, -0.05) is 24.2 Å². The van der Waals surface area contributed by atoms with Gasteiger partial charge in [0.25, 0.3) is 5.91 Å². The Bertz CT molecular complexity index is 713. The largest absolute Gasteiger partial charge is 0.497 e. The molecule has 1 aromatic heterocycles. The molecular formula is C19H25N3O3. The number of nitrogens with one attached hydrogen (secondary N) is 1. The molecule has 1 aliphatic heterocycles. The minimum Gasteiger partial charge on any atom is -0.497 e. The number of amides is 1. The molecular weight excluding hydrogens is 318 g/mol. The monoisotopic (exact) mass is 343 g/mol. The molecule has 0 saturated carbocycles. The van der Waals surface area contributed by atoms with E-state index in [1.165, 1.54) is 5.56 Å². The highest BCUT2D eigenvalue weighted by molar-refractivity contribution is 5.91. The number of piperidine rings is 1. The Morgan fingerprint density at radius 3 is 3.08 bits per heavy atom. The average Bonchev–Trinajstić information content (AvgIpc) is 3.11. The number of nitrogens with zero attached hydrogens (tertiary/aromatic N) is 2. The van der Waals surface area contributed by atoms with E-state index in [2.05, 4.69) is 27.5 Å². The van der Waals surface area contributed by atoms with Gasteiger partial charge >= 0.3 is 0 Å². The zero-order valence-corrected chi connectivity index (χ0v) is 14.8. The fourth-order valence-electron chi connectivity index (χ4n) is 3.19. The number of hydrogen-bond acceptors (Lipinski definition) is 5. The highest BCUT2D eigenvalue weighted by Crippen LogP contribution is 2.18. The Balaban J connectivity index is 1.56. The van der Waals surface area contributed by atoms with Gasteiger partial charge in [-0.3, -0.25) is 9.69 Å². The molecule has 3 rings (SSSR count). The SMILES string of the molecule is CCc1cc(C(=O)NC2CCCN(Cc3cccc(OC)c3)C2)on1. The van der Waals surface area contributed by atoms with Gasteiger partial charge in [0.2, 0.25) is 5.76 Å². The lowest BCUT2D eigenvalue weighted by Gasteiger charge is -2.33. The van der Waals surface area contributed by atoms with Crippen LogP contribution < -0.4 is 10.1 Å². The molecule has 1 N–H and O–H groups in total. The highest BCUT2D eigenvalue weighted by atomic mass is 16.5. The summed E-state index contributed by atoms with van der Waals surface area (Å²) < 4.78 is 10.4. The summed E-state index contributed by atoms with van der Waals surface area (Å²) >= 11 is 0. The number of rotatable bonds is 6. The first-order valence-corrected chi connectivity index (χ1v) is 8.79. The van der Waals surface area contributed by atoms with Crippen molar-refractivity contribution in [3.8, 4) is 5.75 Å². The molecule has 2 heterocycles. The maximum Gasteiger partial charge on any atom is 0.290 e. The summed E-state index contributed by atoms with van der Waals surface area (Å²) in [6.07, 6.45) is 2.80. The Morgan fingerprint density at radius 1 is 1.44 bits per heavy atom. The number of aryl methyl sites for hydroxylation is 1. The maximum absolute atomic E-state index is 12.3. The maximum atomic E-state index is 12.3. The normalized spacial score (nSPS) is 18.1. The van der Waals surface area contributed by atoms with Crippen molar-refractivity contribution < 1.29 is 14.1 Å². The standard InChI is InChI=1S/C19H25N3O3/c1-3-15-11-18(25-21-15)19(23)20-16-7-5-9-22(13-16)12-14-6-4-8-17(10-14)24-2/h4,6,8,10-11,16H,3,5,7,9,12-13H2,1-2H3,(H,20,23). The van der Waals surface area contributed by atoms with Crippen LogP contribution in [0.4, 0.5) is 0 Å². The van der Waals surface area contributed by atoms with Gasteiger partial charge in [0.05, 0.1) is 12.8 Å². The van der Waals surface area contributed by atoms with E-state index in [9.17, 15) is 4.79 Å². The third kappa shape index (κ3) is 4.60. The van der Waals surface area contributed by atoms with Gasteiger partial charge in [-0.15, -0.1) is 0 Å². The Labute approximate surface area is 148 Å². The predicted octanol–water partition coefficient (Wildman–Crippen LogP) is 2.64. The van der Waals surface area contributed by atoms with Gasteiger partial charge in [-0.05, 0) is 43.5 Å². The van der Waals surface area contributed by atoms with Crippen LogP contribution in [-0.2, 0) is 13.0 Å². The molecule has 1 fully saturated rings. The number of carbonyl (C=O) groups excluding carboxylic acids is 1. The third-order valence-corrected chi connectivity index (χ3v) is 4.53. The minimum absolute atomic E-state index is 0.127. The topological polar surface area (TPSA) is 67.6 Å². The van der Waals surface area contributed by atoms with Crippen molar-refractivity contribution in [1.29, 1.82) is 0 Å². The number of methoxy groups -OCH3 is 1. The molecule has 6 heteroatoms. The number of likely N-dealkylation sites (tertiary alicyclic amines) is 1. The van der Waals surface area contributed by atoms with Crippen LogP contribution in [0.5, 0.6) is 5.75 Å². The van der Waals surface area contributed by atoms with Crippen LogP contribution in [0.15, 0.2) is 34.9 Å². The molecule has 0 radical (unpaired) electrons. The van der Waals surface area contributed by atoms with E-state index in [1.54, 1.807) is 13.2 Å². The molecule has 25 heavy (non-hydrogen) atoms. The molecule has 1 unspecified atom stereocenters. The van der Waals surface area contributed by atoms with Crippen LogP contribution in [0.25, 0.3) is 0 Å². The summed E-state index contributed by atoms with van der Waals surface area (Å²) in [6, 6.07) is 9.96. The summed E-state index contributed by atoms with van der Waals surface area (Å²) in [5.41, 5.74) is 2.02. The molecule has 1 atom stereocenters. The summed E-state index contributed by atoms with van der Waals surface area (Å²) in [6.45, 7) is 4.70. The highest BCUT2D eigenvalue weighted by Gasteiger charge is 2.23. The van der Waals surface area contributed by atoms with Crippen molar-refractivity contribution in [2.75, 3.05) is 20.2 Å². The summed E-state index contributed by atoms with van der Waals surface area (Å²) in [4.78, 5) is 14.7. The molecule has 1 amide bonds.